The molecule has 0 radical (unpaired) electrons. The molecule has 0 saturated heterocycles. The van der Waals surface area contributed by atoms with Crippen LogP contribution in [0.15, 0.2) is 72.8 Å². The molecule has 8 nitrogen and oxygen atoms in total. The minimum absolute atomic E-state index is 0.0864. The normalized spacial score (nSPS) is 14.4. The first-order valence-electron chi connectivity index (χ1n) is 12.5. The van der Waals surface area contributed by atoms with Gasteiger partial charge in [0.05, 0.1) is 26.0 Å². The van der Waals surface area contributed by atoms with Gasteiger partial charge in [0.25, 0.3) is 5.91 Å². The second-order valence-electron chi connectivity index (χ2n) is 9.02. The molecule has 0 bridgehead atoms. The number of rotatable bonds is 11. The number of nitrogens with one attached hydrogen (secondary N) is 1. The molecule has 4 aromatic rings. The van der Waals surface area contributed by atoms with E-state index in [4.69, 9.17) is 18.9 Å². The molecule has 0 aliphatic carbocycles. The van der Waals surface area contributed by atoms with Crippen molar-refractivity contribution in [3.8, 4) is 28.5 Å². The summed E-state index contributed by atoms with van der Waals surface area (Å²) in [6.45, 7) is 1.52. The van der Waals surface area contributed by atoms with Crippen molar-refractivity contribution < 1.29 is 23.7 Å². The molecular formula is C30H31N3O5. The minimum Gasteiger partial charge on any atom is -0.497 e. The van der Waals surface area contributed by atoms with Crippen LogP contribution in [0.1, 0.15) is 39.6 Å². The van der Waals surface area contributed by atoms with Gasteiger partial charge in [0.2, 0.25) is 0 Å². The number of aromatic amines is 1. The summed E-state index contributed by atoms with van der Waals surface area (Å²) in [5.41, 5.74) is 4.96. The third-order valence-electron chi connectivity index (χ3n) is 6.72. The Morgan fingerprint density at radius 2 is 1.71 bits per heavy atom. The highest BCUT2D eigenvalue weighted by Crippen LogP contribution is 2.44. The van der Waals surface area contributed by atoms with Crippen LogP contribution in [0.2, 0.25) is 0 Å². The summed E-state index contributed by atoms with van der Waals surface area (Å²) in [6, 6.07) is 23.2. The third kappa shape index (κ3) is 4.95. The topological polar surface area (TPSA) is 85.9 Å². The minimum atomic E-state index is -0.345. The van der Waals surface area contributed by atoms with E-state index >= 15 is 0 Å². The van der Waals surface area contributed by atoms with Gasteiger partial charge in [-0.05, 0) is 53.9 Å². The Balaban J connectivity index is 1.52. The Kier molecular flexibility index (Phi) is 7.60. The van der Waals surface area contributed by atoms with E-state index in [0.717, 1.165) is 33.7 Å². The lowest BCUT2D eigenvalue weighted by molar-refractivity contribution is 0.0723. The van der Waals surface area contributed by atoms with Crippen LogP contribution >= 0.6 is 0 Å². The van der Waals surface area contributed by atoms with E-state index in [1.807, 2.05) is 77.7 Å². The molecule has 1 aromatic heterocycles. The predicted molar refractivity (Wildman–Crippen MR) is 144 cm³/mol. The monoisotopic (exact) mass is 513 g/mol. The molecule has 3 aromatic carbocycles. The molecular weight excluding hydrogens is 482 g/mol. The van der Waals surface area contributed by atoms with Crippen LogP contribution < -0.4 is 14.2 Å². The molecule has 1 aliphatic heterocycles. The van der Waals surface area contributed by atoms with Crippen LogP contribution in [0.3, 0.4) is 0 Å². The first-order valence-corrected chi connectivity index (χ1v) is 12.5. The Hall–Kier alpha value is -4.30. The van der Waals surface area contributed by atoms with E-state index in [9.17, 15) is 4.79 Å². The highest BCUT2D eigenvalue weighted by molar-refractivity contribution is 6.00. The van der Waals surface area contributed by atoms with E-state index in [-0.39, 0.29) is 11.9 Å². The fourth-order valence-electron chi connectivity index (χ4n) is 4.83. The molecule has 2 heterocycles. The zero-order valence-electron chi connectivity index (χ0n) is 21.8. The molecule has 196 valence electrons. The van der Waals surface area contributed by atoms with Crippen LogP contribution in [-0.4, -0.2) is 55.5 Å². The van der Waals surface area contributed by atoms with E-state index in [1.54, 1.807) is 21.3 Å². The van der Waals surface area contributed by atoms with Crippen molar-refractivity contribution in [2.45, 2.75) is 19.1 Å². The number of carbonyl (C=O) groups is 1. The van der Waals surface area contributed by atoms with E-state index in [2.05, 4.69) is 10.2 Å². The molecule has 1 atom stereocenters. The first-order chi connectivity index (χ1) is 18.6. The van der Waals surface area contributed by atoms with Gasteiger partial charge in [-0.1, -0.05) is 36.4 Å². The average Bonchev–Trinajstić information content (AvgIpc) is 3.51. The summed E-state index contributed by atoms with van der Waals surface area (Å²) in [5.74, 6) is 1.91. The number of amides is 1. The summed E-state index contributed by atoms with van der Waals surface area (Å²) in [7, 11) is 4.92. The van der Waals surface area contributed by atoms with Crippen molar-refractivity contribution in [2.75, 3.05) is 34.5 Å². The molecule has 1 amide bonds. The van der Waals surface area contributed by atoms with E-state index in [0.29, 0.717) is 43.4 Å². The lowest BCUT2D eigenvalue weighted by Crippen LogP contribution is -2.31. The van der Waals surface area contributed by atoms with Gasteiger partial charge in [-0.3, -0.25) is 9.89 Å². The summed E-state index contributed by atoms with van der Waals surface area (Å²) in [4.78, 5) is 15.4. The quantitative estimate of drug-likeness (QED) is 0.276. The SMILES string of the molecule is COCCCN1C(=O)c2[nH]nc(-c3ccc(OC)cc3)c2C1c1ccc(OCc2ccccc2)c(OC)c1. The molecule has 1 aliphatic rings. The van der Waals surface area contributed by atoms with Crippen LogP contribution in [0, 0.1) is 0 Å². The molecule has 5 rings (SSSR count). The summed E-state index contributed by atoms with van der Waals surface area (Å²) in [6.07, 6.45) is 0.712. The number of hydrogen-bond acceptors (Lipinski definition) is 6. The smallest absolute Gasteiger partial charge is 0.273 e. The standard InChI is InChI=1S/C30H31N3O5/c1-35-17-7-16-33-29(22-12-15-24(25(18-22)37-3)38-19-20-8-5-4-6-9-20)26-27(31-32-28(26)30(33)34)21-10-13-23(36-2)14-11-21/h4-6,8-15,18,29H,7,16-17,19H2,1-3H3,(H,31,32). The molecule has 0 spiro atoms. The predicted octanol–water partition coefficient (Wildman–Crippen LogP) is 5.25. The Bertz CT molecular complexity index is 1390. The van der Waals surface area contributed by atoms with Crippen molar-refractivity contribution in [3.05, 3.63) is 95.2 Å². The molecule has 1 unspecified atom stereocenters. The van der Waals surface area contributed by atoms with Crippen LogP contribution in [0.5, 0.6) is 17.2 Å². The third-order valence-corrected chi connectivity index (χ3v) is 6.72. The number of nitrogens with zero attached hydrogens (tertiary/aromatic N) is 2. The van der Waals surface area contributed by atoms with Crippen molar-refractivity contribution in [1.82, 2.24) is 15.1 Å². The molecule has 0 saturated carbocycles. The Morgan fingerprint density at radius 1 is 0.921 bits per heavy atom. The number of carbonyl (C=O) groups excluding carboxylic acids is 1. The fraction of sp³-hybridized carbons (Fsp3) is 0.267. The number of fused-ring (bicyclic) bond motifs is 1. The second kappa shape index (κ2) is 11.4. The van der Waals surface area contributed by atoms with Gasteiger partial charge < -0.3 is 23.8 Å². The number of methoxy groups -OCH3 is 3. The van der Waals surface area contributed by atoms with Crippen LogP contribution in [-0.2, 0) is 11.3 Å². The number of H-pyrrole nitrogens is 1. The molecule has 8 heteroatoms. The zero-order valence-corrected chi connectivity index (χ0v) is 21.8. The maximum Gasteiger partial charge on any atom is 0.273 e. The van der Waals surface area contributed by atoms with Gasteiger partial charge in [-0.25, -0.2) is 0 Å². The van der Waals surface area contributed by atoms with Gasteiger partial charge in [0, 0.05) is 31.4 Å². The summed E-state index contributed by atoms with van der Waals surface area (Å²) < 4.78 is 22.4. The summed E-state index contributed by atoms with van der Waals surface area (Å²) >= 11 is 0. The highest BCUT2D eigenvalue weighted by atomic mass is 16.5. The number of ether oxygens (including phenoxy) is 4. The van der Waals surface area contributed by atoms with Crippen LogP contribution in [0.25, 0.3) is 11.3 Å². The Morgan fingerprint density at radius 3 is 2.42 bits per heavy atom. The lowest BCUT2D eigenvalue weighted by atomic mass is 9.95. The van der Waals surface area contributed by atoms with Crippen molar-refractivity contribution >= 4 is 5.91 Å². The molecule has 0 fully saturated rings. The summed E-state index contributed by atoms with van der Waals surface area (Å²) in [5, 5.41) is 7.55. The Labute approximate surface area is 222 Å². The number of benzene rings is 3. The van der Waals surface area contributed by atoms with Gasteiger partial charge in [-0.2, -0.15) is 5.10 Å². The largest absolute Gasteiger partial charge is 0.497 e. The molecule has 38 heavy (non-hydrogen) atoms. The van der Waals surface area contributed by atoms with Gasteiger partial charge in [-0.15, -0.1) is 0 Å². The number of hydrogen-bond donors (Lipinski definition) is 1. The lowest BCUT2D eigenvalue weighted by Gasteiger charge is -2.27. The highest BCUT2D eigenvalue weighted by Gasteiger charge is 2.42. The van der Waals surface area contributed by atoms with Gasteiger partial charge in [0.15, 0.2) is 11.5 Å². The van der Waals surface area contributed by atoms with E-state index < -0.39 is 0 Å². The van der Waals surface area contributed by atoms with Crippen LogP contribution in [0.4, 0.5) is 0 Å². The zero-order chi connectivity index (χ0) is 26.5. The van der Waals surface area contributed by atoms with Crippen molar-refractivity contribution in [2.24, 2.45) is 0 Å². The molecule has 1 N–H and O–H groups in total. The van der Waals surface area contributed by atoms with Crippen molar-refractivity contribution in [3.63, 3.8) is 0 Å². The maximum absolute atomic E-state index is 13.5. The second-order valence-corrected chi connectivity index (χ2v) is 9.02. The maximum atomic E-state index is 13.5. The fourth-order valence-corrected chi connectivity index (χ4v) is 4.83. The van der Waals surface area contributed by atoms with Gasteiger partial charge >= 0.3 is 0 Å². The number of aromatic nitrogens is 2. The van der Waals surface area contributed by atoms with E-state index in [1.165, 1.54) is 0 Å². The average molecular weight is 514 g/mol. The van der Waals surface area contributed by atoms with Crippen molar-refractivity contribution in [1.29, 1.82) is 0 Å². The first kappa shape index (κ1) is 25.4. The van der Waals surface area contributed by atoms with Gasteiger partial charge in [0.1, 0.15) is 18.1 Å².